The summed E-state index contributed by atoms with van der Waals surface area (Å²) in [5, 5.41) is 2.38. The van der Waals surface area contributed by atoms with Crippen LogP contribution in [0.5, 0.6) is 0 Å². The lowest BCUT2D eigenvalue weighted by atomic mass is 9.94. The molecular weight excluding hydrogens is 370 g/mol. The number of amides is 1. The van der Waals surface area contributed by atoms with E-state index in [4.69, 9.17) is 0 Å². The van der Waals surface area contributed by atoms with E-state index in [1.807, 2.05) is 31.0 Å². The van der Waals surface area contributed by atoms with Crippen LogP contribution in [0.3, 0.4) is 0 Å². The Morgan fingerprint density at radius 1 is 1.17 bits per heavy atom. The summed E-state index contributed by atoms with van der Waals surface area (Å²) < 4.78 is 29.5. The molecule has 2 rings (SSSR count). The van der Waals surface area contributed by atoms with Crippen LogP contribution in [0.2, 0.25) is 0 Å². The van der Waals surface area contributed by atoms with Crippen LogP contribution >= 0.6 is 0 Å². The number of hydrogen-bond acceptors (Lipinski definition) is 2. The maximum absolute atomic E-state index is 14.8. The van der Waals surface area contributed by atoms with Gasteiger partial charge in [0.15, 0.2) is 0 Å². The molecule has 0 saturated carbocycles. The zero-order chi connectivity index (χ0) is 21.9. The second-order valence-electron chi connectivity index (χ2n) is 7.56. The zero-order valence-electron chi connectivity index (χ0n) is 18.3. The standard InChI is InChI=1S/C24H30F2N2O/c1-8-15(3)16(4)22-11-14(2)9-10-28(22)18(6)17(5)23-20(25)12-19(13-21(23)26)24(29)27-7/h9-13,15H,8H2,1-7H3,(H,27,29)/b18-17+,22-16+. The van der Waals surface area contributed by atoms with Crippen molar-refractivity contribution < 1.29 is 13.6 Å². The smallest absolute Gasteiger partial charge is 0.251 e. The van der Waals surface area contributed by atoms with E-state index in [1.165, 1.54) is 12.6 Å². The van der Waals surface area contributed by atoms with Gasteiger partial charge in [-0.3, -0.25) is 4.79 Å². The Kier molecular flexibility index (Phi) is 7.17. The summed E-state index contributed by atoms with van der Waals surface area (Å²) in [5.41, 5.74) is 4.43. The Labute approximate surface area is 172 Å². The highest BCUT2D eigenvalue weighted by Gasteiger charge is 2.22. The maximum atomic E-state index is 14.8. The number of carbonyl (C=O) groups is 1. The van der Waals surface area contributed by atoms with Gasteiger partial charge in [0, 0.05) is 30.2 Å². The van der Waals surface area contributed by atoms with E-state index >= 15 is 0 Å². The molecule has 1 unspecified atom stereocenters. The van der Waals surface area contributed by atoms with Crippen LogP contribution in [0.25, 0.3) is 5.57 Å². The summed E-state index contributed by atoms with van der Waals surface area (Å²) >= 11 is 0. The Hall–Kier alpha value is -2.69. The zero-order valence-corrected chi connectivity index (χ0v) is 18.3. The number of nitrogens with zero attached hydrogens (tertiary/aromatic N) is 1. The molecule has 1 N–H and O–H groups in total. The molecular formula is C24H30F2N2O. The van der Waals surface area contributed by atoms with Gasteiger partial charge in [0.25, 0.3) is 5.91 Å². The van der Waals surface area contributed by atoms with Gasteiger partial charge in [-0.1, -0.05) is 13.8 Å². The third kappa shape index (κ3) is 4.66. The van der Waals surface area contributed by atoms with Crippen LogP contribution in [0, 0.1) is 17.6 Å². The van der Waals surface area contributed by atoms with Crippen LogP contribution in [0.15, 0.2) is 53.0 Å². The first-order chi connectivity index (χ1) is 13.6. The summed E-state index contributed by atoms with van der Waals surface area (Å²) in [4.78, 5) is 13.7. The second-order valence-corrected chi connectivity index (χ2v) is 7.56. The number of hydrogen-bond donors (Lipinski definition) is 1. The average molecular weight is 401 g/mol. The van der Waals surface area contributed by atoms with E-state index in [9.17, 15) is 13.6 Å². The van der Waals surface area contributed by atoms with E-state index in [1.54, 1.807) is 6.92 Å². The van der Waals surface area contributed by atoms with Gasteiger partial charge in [-0.2, -0.15) is 0 Å². The van der Waals surface area contributed by atoms with Crippen LogP contribution in [0.1, 0.15) is 63.9 Å². The van der Waals surface area contributed by atoms with Crippen molar-refractivity contribution in [1.29, 1.82) is 0 Å². The molecule has 3 nitrogen and oxygen atoms in total. The van der Waals surface area contributed by atoms with E-state index in [0.29, 0.717) is 11.5 Å². The lowest BCUT2D eigenvalue weighted by Gasteiger charge is -2.31. The fraction of sp³-hybridized carbons (Fsp3) is 0.375. The first-order valence-corrected chi connectivity index (χ1v) is 9.87. The van der Waals surface area contributed by atoms with Crippen LogP contribution in [0.4, 0.5) is 8.78 Å². The van der Waals surface area contributed by atoms with Crippen LogP contribution < -0.4 is 5.32 Å². The quantitative estimate of drug-likeness (QED) is 0.641. The molecule has 0 radical (unpaired) electrons. The van der Waals surface area contributed by atoms with Gasteiger partial charge < -0.3 is 10.2 Å². The second kappa shape index (κ2) is 9.21. The predicted molar refractivity (Wildman–Crippen MR) is 115 cm³/mol. The minimum atomic E-state index is -0.752. The molecule has 0 aromatic heterocycles. The van der Waals surface area contributed by atoms with E-state index in [0.717, 1.165) is 35.5 Å². The molecule has 1 aromatic carbocycles. The molecule has 5 heteroatoms. The van der Waals surface area contributed by atoms with E-state index < -0.39 is 17.5 Å². The maximum Gasteiger partial charge on any atom is 0.251 e. The molecule has 0 saturated heterocycles. The molecule has 1 aromatic rings. The first kappa shape index (κ1) is 22.6. The molecule has 1 atom stereocenters. The van der Waals surface area contributed by atoms with Gasteiger partial charge in [-0.05, 0) is 81.0 Å². The number of benzene rings is 1. The van der Waals surface area contributed by atoms with Gasteiger partial charge in [-0.25, -0.2) is 8.78 Å². The first-order valence-electron chi connectivity index (χ1n) is 9.87. The Balaban J connectivity index is 2.60. The molecule has 0 aliphatic carbocycles. The molecule has 0 spiro atoms. The Bertz CT molecular complexity index is 915. The normalized spacial score (nSPS) is 17.6. The van der Waals surface area contributed by atoms with Crippen LogP contribution in [-0.4, -0.2) is 17.9 Å². The average Bonchev–Trinajstić information content (AvgIpc) is 2.70. The third-order valence-electron chi connectivity index (χ3n) is 5.68. The van der Waals surface area contributed by atoms with E-state index in [2.05, 4.69) is 32.2 Å². The van der Waals surface area contributed by atoms with E-state index in [-0.39, 0.29) is 11.1 Å². The molecule has 1 heterocycles. The van der Waals surface area contributed by atoms with Gasteiger partial charge in [0.2, 0.25) is 0 Å². The highest BCUT2D eigenvalue weighted by molar-refractivity contribution is 5.94. The summed E-state index contributed by atoms with van der Waals surface area (Å²) in [6, 6.07) is 2.15. The minimum absolute atomic E-state index is 0.0404. The summed E-state index contributed by atoms with van der Waals surface area (Å²) in [6.07, 6.45) is 7.01. The highest BCUT2D eigenvalue weighted by Crippen LogP contribution is 2.33. The fourth-order valence-corrected chi connectivity index (χ4v) is 3.33. The number of carbonyl (C=O) groups excluding carboxylic acids is 1. The number of allylic oxidation sites excluding steroid dienone is 6. The molecule has 0 fully saturated rings. The summed E-state index contributed by atoms with van der Waals surface area (Å²) in [5.74, 6) is -1.65. The number of halogens is 2. The molecule has 156 valence electrons. The Morgan fingerprint density at radius 2 is 1.76 bits per heavy atom. The molecule has 1 aliphatic heterocycles. The van der Waals surface area contributed by atoms with Crippen molar-refractivity contribution in [3.05, 3.63) is 75.8 Å². The third-order valence-corrected chi connectivity index (χ3v) is 5.68. The molecule has 1 amide bonds. The number of rotatable bonds is 5. The fourth-order valence-electron chi connectivity index (χ4n) is 3.33. The number of nitrogens with one attached hydrogen (secondary N) is 1. The monoisotopic (exact) mass is 400 g/mol. The highest BCUT2D eigenvalue weighted by atomic mass is 19.1. The van der Waals surface area contributed by atoms with Gasteiger partial charge in [-0.15, -0.1) is 0 Å². The topological polar surface area (TPSA) is 32.3 Å². The SMILES string of the molecule is CCC(C)/C(C)=C1\C=C(C)C=CN1/C(C)=C(\C)c1c(F)cc(C(=O)NC)cc1F. The molecule has 0 bridgehead atoms. The summed E-state index contributed by atoms with van der Waals surface area (Å²) in [6.45, 7) is 12.0. The summed E-state index contributed by atoms with van der Waals surface area (Å²) in [7, 11) is 1.42. The van der Waals surface area contributed by atoms with Crippen molar-refractivity contribution in [3.63, 3.8) is 0 Å². The Morgan fingerprint density at radius 3 is 2.28 bits per heavy atom. The van der Waals surface area contributed by atoms with Crippen molar-refractivity contribution in [3.8, 4) is 0 Å². The molecule has 29 heavy (non-hydrogen) atoms. The van der Waals surface area contributed by atoms with Gasteiger partial charge in [0.1, 0.15) is 11.6 Å². The van der Waals surface area contributed by atoms with Crippen molar-refractivity contribution in [1.82, 2.24) is 10.2 Å². The van der Waals surface area contributed by atoms with Crippen molar-refractivity contribution in [2.45, 2.75) is 48.0 Å². The largest absolute Gasteiger partial charge is 0.355 e. The molecule has 1 aliphatic rings. The predicted octanol–water partition coefficient (Wildman–Crippen LogP) is 6.17. The van der Waals surface area contributed by atoms with Crippen molar-refractivity contribution in [2.24, 2.45) is 5.92 Å². The lowest BCUT2D eigenvalue weighted by Crippen LogP contribution is -2.21. The van der Waals surface area contributed by atoms with Crippen molar-refractivity contribution >= 4 is 11.5 Å². The van der Waals surface area contributed by atoms with Gasteiger partial charge in [0.05, 0.1) is 5.56 Å². The lowest BCUT2D eigenvalue weighted by molar-refractivity contribution is 0.0962. The van der Waals surface area contributed by atoms with Crippen molar-refractivity contribution in [2.75, 3.05) is 7.05 Å². The van der Waals surface area contributed by atoms with Crippen LogP contribution in [-0.2, 0) is 0 Å². The minimum Gasteiger partial charge on any atom is -0.355 e. The van der Waals surface area contributed by atoms with Gasteiger partial charge >= 0.3 is 0 Å².